The molecule has 0 N–H and O–H groups in total. The second kappa shape index (κ2) is 11.2. The molecule has 9 rings (SSSR count). The predicted octanol–water partition coefficient (Wildman–Crippen LogP) is 11.3. The Kier molecular flexibility index (Phi) is 6.43. The summed E-state index contributed by atoms with van der Waals surface area (Å²) >= 11 is 0. The van der Waals surface area contributed by atoms with E-state index < -0.39 is 0 Å². The molecular formula is C43H27N3O. The molecule has 0 saturated carbocycles. The minimum absolute atomic E-state index is 0.591. The number of benzene rings is 7. The molecule has 0 spiro atoms. The number of aromatic nitrogens is 3. The second-order valence-corrected chi connectivity index (χ2v) is 11.6. The zero-order chi connectivity index (χ0) is 31.2. The molecule has 4 heteroatoms. The van der Waals surface area contributed by atoms with Gasteiger partial charge >= 0.3 is 0 Å². The molecule has 0 aliphatic heterocycles. The highest BCUT2D eigenvalue weighted by Crippen LogP contribution is 2.44. The number of fused-ring (bicyclic) bond motifs is 4. The van der Waals surface area contributed by atoms with Crippen molar-refractivity contribution in [3.05, 3.63) is 164 Å². The Morgan fingerprint density at radius 3 is 1.60 bits per heavy atom. The summed E-state index contributed by atoms with van der Waals surface area (Å²) in [5.41, 5.74) is 8.56. The first kappa shape index (κ1) is 27.0. The van der Waals surface area contributed by atoms with Crippen molar-refractivity contribution in [3.8, 4) is 56.4 Å². The van der Waals surface area contributed by atoms with Crippen molar-refractivity contribution in [3.63, 3.8) is 0 Å². The van der Waals surface area contributed by atoms with Crippen molar-refractivity contribution >= 4 is 32.7 Å². The first-order chi connectivity index (χ1) is 23.3. The Morgan fingerprint density at radius 1 is 0.340 bits per heavy atom. The van der Waals surface area contributed by atoms with Crippen LogP contribution in [0.25, 0.3) is 89.1 Å². The third-order valence-corrected chi connectivity index (χ3v) is 8.73. The molecule has 0 radical (unpaired) electrons. The van der Waals surface area contributed by atoms with Gasteiger partial charge in [-0.3, -0.25) is 0 Å². The third-order valence-electron chi connectivity index (χ3n) is 8.73. The molecule has 9 aromatic rings. The fourth-order valence-electron chi connectivity index (χ4n) is 6.45. The predicted molar refractivity (Wildman–Crippen MR) is 192 cm³/mol. The van der Waals surface area contributed by atoms with Gasteiger partial charge in [-0.05, 0) is 40.1 Å². The lowest BCUT2D eigenvalue weighted by Gasteiger charge is -2.12. The van der Waals surface area contributed by atoms with E-state index in [9.17, 15) is 0 Å². The summed E-state index contributed by atoms with van der Waals surface area (Å²) in [5.74, 6) is 1.84. The molecule has 4 nitrogen and oxygen atoms in total. The van der Waals surface area contributed by atoms with E-state index in [1.165, 1.54) is 10.8 Å². The van der Waals surface area contributed by atoms with Crippen LogP contribution in [0.4, 0.5) is 0 Å². The summed E-state index contributed by atoms with van der Waals surface area (Å²) in [7, 11) is 0. The maximum Gasteiger partial charge on any atom is 0.164 e. The van der Waals surface area contributed by atoms with Gasteiger partial charge in [0, 0.05) is 38.6 Å². The molecule has 2 heterocycles. The molecule has 220 valence electrons. The van der Waals surface area contributed by atoms with Crippen molar-refractivity contribution in [2.75, 3.05) is 0 Å². The van der Waals surface area contributed by atoms with Crippen LogP contribution in [0.1, 0.15) is 0 Å². The van der Waals surface area contributed by atoms with Gasteiger partial charge in [0.1, 0.15) is 11.2 Å². The third kappa shape index (κ3) is 4.75. The molecule has 7 aromatic carbocycles. The second-order valence-electron chi connectivity index (χ2n) is 11.6. The molecular weight excluding hydrogens is 574 g/mol. The van der Waals surface area contributed by atoms with Gasteiger partial charge in [-0.1, -0.05) is 146 Å². The summed E-state index contributed by atoms with van der Waals surface area (Å²) < 4.78 is 6.96. The molecule has 0 aliphatic carbocycles. The van der Waals surface area contributed by atoms with Crippen molar-refractivity contribution in [2.24, 2.45) is 0 Å². The summed E-state index contributed by atoms with van der Waals surface area (Å²) in [6, 6.07) is 56.2. The zero-order valence-electron chi connectivity index (χ0n) is 25.3. The fourth-order valence-corrected chi connectivity index (χ4v) is 6.45. The van der Waals surface area contributed by atoms with Crippen LogP contribution in [0, 0.1) is 0 Å². The van der Waals surface area contributed by atoms with Crippen LogP contribution in [-0.4, -0.2) is 15.0 Å². The normalized spacial score (nSPS) is 11.4. The number of nitrogens with zero attached hydrogens (tertiary/aromatic N) is 3. The Hall–Kier alpha value is -6.39. The number of para-hydroxylation sites is 1. The van der Waals surface area contributed by atoms with E-state index in [0.29, 0.717) is 17.5 Å². The van der Waals surface area contributed by atoms with Crippen LogP contribution >= 0.6 is 0 Å². The quantitative estimate of drug-likeness (QED) is 0.197. The molecule has 0 unspecified atom stereocenters. The lowest BCUT2D eigenvalue weighted by Crippen LogP contribution is -2.01. The Labute approximate surface area is 271 Å². The lowest BCUT2D eigenvalue weighted by molar-refractivity contribution is 0.671. The molecule has 0 atom stereocenters. The van der Waals surface area contributed by atoms with Crippen LogP contribution in [0.3, 0.4) is 0 Å². The highest BCUT2D eigenvalue weighted by atomic mass is 16.3. The lowest BCUT2D eigenvalue weighted by atomic mass is 9.95. The van der Waals surface area contributed by atoms with E-state index in [1.807, 2.05) is 66.7 Å². The topological polar surface area (TPSA) is 51.8 Å². The first-order valence-corrected chi connectivity index (χ1v) is 15.7. The van der Waals surface area contributed by atoms with Gasteiger partial charge in [-0.25, -0.2) is 15.0 Å². The average molecular weight is 602 g/mol. The van der Waals surface area contributed by atoms with Crippen molar-refractivity contribution in [1.82, 2.24) is 15.0 Å². The maximum atomic E-state index is 6.96. The minimum Gasteiger partial charge on any atom is -0.455 e. The Bertz CT molecular complexity index is 2500. The molecule has 0 aliphatic rings. The summed E-state index contributed by atoms with van der Waals surface area (Å²) in [4.78, 5) is 15.1. The van der Waals surface area contributed by atoms with Gasteiger partial charge in [-0.2, -0.15) is 0 Å². The zero-order valence-corrected chi connectivity index (χ0v) is 25.3. The Morgan fingerprint density at radius 2 is 0.915 bits per heavy atom. The maximum absolute atomic E-state index is 6.96. The molecule has 0 amide bonds. The van der Waals surface area contributed by atoms with E-state index in [-0.39, 0.29) is 0 Å². The molecule has 0 saturated heterocycles. The molecule has 2 aromatic heterocycles. The highest BCUT2D eigenvalue weighted by molar-refractivity contribution is 6.15. The average Bonchev–Trinajstić information content (AvgIpc) is 3.54. The Balaban J connectivity index is 1.32. The number of hydrogen-bond acceptors (Lipinski definition) is 4. The van der Waals surface area contributed by atoms with Crippen LogP contribution in [0.2, 0.25) is 0 Å². The van der Waals surface area contributed by atoms with Gasteiger partial charge in [-0.15, -0.1) is 0 Å². The molecule has 0 bridgehead atoms. The fraction of sp³-hybridized carbons (Fsp3) is 0. The van der Waals surface area contributed by atoms with Crippen LogP contribution in [-0.2, 0) is 0 Å². The largest absolute Gasteiger partial charge is 0.455 e. The number of rotatable bonds is 5. The van der Waals surface area contributed by atoms with Gasteiger partial charge < -0.3 is 4.42 Å². The number of hydrogen-bond donors (Lipinski definition) is 0. The monoisotopic (exact) mass is 601 g/mol. The molecule has 0 fully saturated rings. The van der Waals surface area contributed by atoms with Crippen molar-refractivity contribution in [1.29, 1.82) is 0 Å². The van der Waals surface area contributed by atoms with Gasteiger partial charge in [0.05, 0.1) is 0 Å². The van der Waals surface area contributed by atoms with Crippen molar-refractivity contribution in [2.45, 2.75) is 0 Å². The highest BCUT2D eigenvalue weighted by Gasteiger charge is 2.22. The first-order valence-electron chi connectivity index (χ1n) is 15.7. The SMILES string of the molecule is c1ccc(-c2nc(-c3ccccc3)nc(-c3ccc4c(oc5c(-c6ccc7ccccc7c6)cccc54)c3-c3ccccc3)n2)cc1. The van der Waals surface area contributed by atoms with Crippen LogP contribution in [0.5, 0.6) is 0 Å². The van der Waals surface area contributed by atoms with Crippen molar-refractivity contribution < 1.29 is 4.42 Å². The summed E-state index contributed by atoms with van der Waals surface area (Å²) in [5, 5.41) is 4.53. The summed E-state index contributed by atoms with van der Waals surface area (Å²) in [6.07, 6.45) is 0. The van der Waals surface area contributed by atoms with Crippen LogP contribution < -0.4 is 0 Å². The summed E-state index contributed by atoms with van der Waals surface area (Å²) in [6.45, 7) is 0. The minimum atomic E-state index is 0.591. The molecule has 47 heavy (non-hydrogen) atoms. The standard InChI is InChI=1S/C43H27N3O/c1-4-14-29(15-5-1)38-37(43-45-41(30-16-6-2-7-17-30)44-42(46-43)31-18-8-3-9-19-31)26-25-36-35-22-12-21-34(39(35)47-40(36)38)33-24-23-28-13-10-11-20-32(28)27-33/h1-27H. The number of furan rings is 1. The van der Waals surface area contributed by atoms with Gasteiger partial charge in [0.15, 0.2) is 17.5 Å². The van der Waals surface area contributed by atoms with E-state index in [1.54, 1.807) is 0 Å². The van der Waals surface area contributed by atoms with Crippen LogP contribution in [0.15, 0.2) is 168 Å². The smallest absolute Gasteiger partial charge is 0.164 e. The van der Waals surface area contributed by atoms with E-state index in [2.05, 4.69) is 97.1 Å². The van der Waals surface area contributed by atoms with E-state index >= 15 is 0 Å². The van der Waals surface area contributed by atoms with Gasteiger partial charge in [0.25, 0.3) is 0 Å². The van der Waals surface area contributed by atoms with E-state index in [0.717, 1.165) is 60.9 Å². The van der Waals surface area contributed by atoms with Gasteiger partial charge in [0.2, 0.25) is 0 Å². The van der Waals surface area contributed by atoms with E-state index in [4.69, 9.17) is 19.4 Å².